The van der Waals surface area contributed by atoms with Gasteiger partial charge in [0.1, 0.15) is 22.6 Å². The number of benzene rings is 2. The first-order valence-corrected chi connectivity index (χ1v) is 16.1. The third-order valence-electron chi connectivity index (χ3n) is 6.60. The van der Waals surface area contributed by atoms with Gasteiger partial charge >= 0.3 is 5.97 Å². The van der Waals surface area contributed by atoms with E-state index in [4.69, 9.17) is 14.6 Å². The van der Waals surface area contributed by atoms with Gasteiger partial charge in [-0.1, -0.05) is 0 Å². The van der Waals surface area contributed by atoms with E-state index in [2.05, 4.69) is 15.3 Å². The van der Waals surface area contributed by atoms with Crippen LogP contribution >= 0.6 is 23.5 Å². The summed E-state index contributed by atoms with van der Waals surface area (Å²) >= 11 is 3.28. The van der Waals surface area contributed by atoms with Crippen LogP contribution in [0.25, 0.3) is 0 Å². The average molecular weight is 620 g/mol. The number of carbonyl (C=O) groups excluding carboxylic acids is 1. The van der Waals surface area contributed by atoms with Gasteiger partial charge in [-0.2, -0.15) is 0 Å². The van der Waals surface area contributed by atoms with Crippen molar-refractivity contribution in [1.82, 2.24) is 15.3 Å². The zero-order chi connectivity index (χ0) is 30.6. The van der Waals surface area contributed by atoms with Gasteiger partial charge in [-0.05, 0) is 111 Å². The third kappa shape index (κ3) is 9.47. The minimum absolute atomic E-state index is 0.0476. The van der Waals surface area contributed by atoms with Crippen LogP contribution in [0.3, 0.4) is 0 Å². The van der Waals surface area contributed by atoms with Crippen molar-refractivity contribution in [3.05, 3.63) is 96.3 Å². The fraction of sp³-hybridized carbons (Fsp3) is 0.250. The molecule has 4 aromatic rings. The molecule has 11 heteroatoms. The number of aliphatic hydroxyl groups is 1. The number of amides is 1. The molecule has 1 amide bonds. The Morgan fingerprint density at radius 3 is 1.67 bits per heavy atom. The minimum Gasteiger partial charge on any atom is -0.477 e. The quantitative estimate of drug-likeness (QED) is 0.170. The number of aromatic nitrogens is 2. The Hall–Kier alpha value is -4.06. The van der Waals surface area contributed by atoms with E-state index in [1.807, 2.05) is 48.9 Å². The topological polar surface area (TPSA) is 131 Å². The van der Waals surface area contributed by atoms with Gasteiger partial charge in [-0.3, -0.25) is 4.79 Å². The second-order valence-corrected chi connectivity index (χ2v) is 11.3. The molecule has 1 aliphatic rings. The number of carboxylic acids is 1. The first kappa shape index (κ1) is 31.9. The molecule has 3 N–H and O–H groups in total. The molecule has 0 unspecified atom stereocenters. The lowest BCUT2D eigenvalue weighted by Crippen LogP contribution is -2.38. The van der Waals surface area contributed by atoms with Gasteiger partial charge in [-0.25, -0.2) is 14.8 Å². The van der Waals surface area contributed by atoms with Crippen LogP contribution < -0.4 is 14.8 Å². The minimum atomic E-state index is -1.06. The van der Waals surface area contributed by atoms with Crippen molar-refractivity contribution in [3.63, 3.8) is 0 Å². The number of hydrogen-bond acceptors (Lipinski definition) is 9. The molecule has 0 radical (unpaired) electrons. The average Bonchev–Trinajstić information content (AvgIpc) is 3.03. The summed E-state index contributed by atoms with van der Waals surface area (Å²) < 4.78 is 11.3. The molecule has 1 aliphatic carbocycles. The van der Waals surface area contributed by atoms with Gasteiger partial charge < -0.3 is 25.0 Å². The number of ether oxygens (including phenoxy) is 2. The number of aliphatic hydroxyl groups excluding tert-OH is 1. The van der Waals surface area contributed by atoms with Crippen LogP contribution in [0.4, 0.5) is 0 Å². The first-order chi connectivity index (χ1) is 20.9. The maximum Gasteiger partial charge on any atom is 0.341 e. The van der Waals surface area contributed by atoms with Crippen LogP contribution in [0.15, 0.2) is 95.0 Å². The monoisotopic (exact) mass is 619 g/mol. The number of thioether (sulfide) groups is 2. The highest BCUT2D eigenvalue weighted by molar-refractivity contribution is 7.98. The highest BCUT2D eigenvalue weighted by atomic mass is 32.2. The summed E-state index contributed by atoms with van der Waals surface area (Å²) in [4.78, 5) is 34.0. The Morgan fingerprint density at radius 2 is 1.21 bits per heavy atom. The number of rotatable bonds is 9. The standard InChI is InChI=1S/C19H22N2O3S.C13H11NO3S/c1-25-16-10-8-15(9-11-16)24-19-17(3-2-12-20-19)18(23)21-13-4-6-14(22)7-5-13;1-18-10-6-4-9(5-7-10)17-12-11(13(15)16)3-2-8-14-12/h2-3,8-14,22H,4-7H2,1H3,(H,21,23);2-8H,1H3,(H,15,16). The largest absolute Gasteiger partial charge is 0.477 e. The molecule has 9 nitrogen and oxygen atoms in total. The zero-order valence-corrected chi connectivity index (χ0v) is 25.4. The first-order valence-electron chi connectivity index (χ1n) is 13.6. The molecule has 1 saturated carbocycles. The SMILES string of the molecule is CSc1ccc(Oc2ncccc2C(=O)NC2CCC(O)CC2)cc1.CSc1ccc(Oc2ncccc2C(=O)O)cc1. The van der Waals surface area contributed by atoms with Crippen LogP contribution in [0, 0.1) is 0 Å². The van der Waals surface area contributed by atoms with Gasteiger partial charge in [0.25, 0.3) is 5.91 Å². The lowest BCUT2D eigenvalue weighted by Gasteiger charge is -2.26. The van der Waals surface area contributed by atoms with E-state index >= 15 is 0 Å². The smallest absolute Gasteiger partial charge is 0.341 e. The van der Waals surface area contributed by atoms with E-state index in [1.54, 1.807) is 60.1 Å². The van der Waals surface area contributed by atoms with Crippen molar-refractivity contribution in [3.8, 4) is 23.3 Å². The fourth-order valence-electron chi connectivity index (χ4n) is 4.27. The van der Waals surface area contributed by atoms with Crippen LogP contribution in [0.2, 0.25) is 0 Å². The predicted molar refractivity (Wildman–Crippen MR) is 168 cm³/mol. The van der Waals surface area contributed by atoms with Crippen molar-refractivity contribution in [1.29, 1.82) is 0 Å². The van der Waals surface area contributed by atoms with Gasteiger partial charge in [0.2, 0.25) is 11.8 Å². The van der Waals surface area contributed by atoms with Crippen molar-refractivity contribution >= 4 is 35.4 Å². The van der Waals surface area contributed by atoms with Crippen molar-refractivity contribution in [2.24, 2.45) is 0 Å². The van der Waals surface area contributed by atoms with Crippen molar-refractivity contribution in [2.75, 3.05) is 12.5 Å². The van der Waals surface area contributed by atoms with Crippen molar-refractivity contribution in [2.45, 2.75) is 47.6 Å². The Morgan fingerprint density at radius 1 is 0.744 bits per heavy atom. The number of carbonyl (C=O) groups is 2. The molecule has 0 saturated heterocycles. The second-order valence-electron chi connectivity index (χ2n) is 9.55. The van der Waals surface area contributed by atoms with Gasteiger partial charge in [-0.15, -0.1) is 23.5 Å². The molecular formula is C32H33N3O6S2. The van der Waals surface area contributed by atoms with E-state index in [-0.39, 0.29) is 29.5 Å². The maximum absolute atomic E-state index is 12.6. The molecule has 2 heterocycles. The molecule has 2 aromatic carbocycles. The molecule has 0 spiro atoms. The number of aromatic carboxylic acids is 1. The van der Waals surface area contributed by atoms with E-state index in [1.165, 1.54) is 12.3 Å². The molecule has 0 bridgehead atoms. The molecule has 5 rings (SSSR count). The molecular weight excluding hydrogens is 587 g/mol. The lowest BCUT2D eigenvalue weighted by molar-refractivity contribution is 0.0693. The number of nitrogens with one attached hydrogen (secondary N) is 1. The van der Waals surface area contributed by atoms with E-state index < -0.39 is 5.97 Å². The molecule has 0 aliphatic heterocycles. The van der Waals surface area contributed by atoms with Crippen LogP contribution in [-0.4, -0.2) is 56.7 Å². The number of pyridine rings is 2. The molecule has 2 aromatic heterocycles. The zero-order valence-electron chi connectivity index (χ0n) is 23.8. The highest BCUT2D eigenvalue weighted by Crippen LogP contribution is 2.27. The molecule has 0 atom stereocenters. The Labute approximate surface area is 259 Å². The van der Waals surface area contributed by atoms with E-state index in [9.17, 15) is 14.7 Å². The van der Waals surface area contributed by atoms with Crippen molar-refractivity contribution < 1.29 is 29.3 Å². The van der Waals surface area contributed by atoms with Crippen LogP contribution in [0.1, 0.15) is 46.4 Å². The van der Waals surface area contributed by atoms with Crippen LogP contribution in [-0.2, 0) is 0 Å². The lowest BCUT2D eigenvalue weighted by atomic mass is 9.93. The number of nitrogens with zero attached hydrogens (tertiary/aromatic N) is 2. The predicted octanol–water partition coefficient (Wildman–Crippen LogP) is 6.92. The van der Waals surface area contributed by atoms with E-state index in [0.29, 0.717) is 22.9 Å². The number of hydrogen-bond donors (Lipinski definition) is 3. The molecule has 43 heavy (non-hydrogen) atoms. The second kappa shape index (κ2) is 16.0. The Kier molecular flexibility index (Phi) is 11.8. The van der Waals surface area contributed by atoms with Crippen LogP contribution in [0.5, 0.6) is 23.3 Å². The Bertz CT molecular complexity index is 1490. The van der Waals surface area contributed by atoms with Gasteiger partial charge in [0.15, 0.2) is 0 Å². The number of carboxylic acid groups (broad SMARTS) is 1. The summed E-state index contributed by atoms with van der Waals surface area (Å²) in [6.07, 6.45) is 9.90. The summed E-state index contributed by atoms with van der Waals surface area (Å²) in [5, 5.41) is 21.6. The van der Waals surface area contributed by atoms with Gasteiger partial charge in [0.05, 0.1) is 6.10 Å². The fourth-order valence-corrected chi connectivity index (χ4v) is 5.09. The molecule has 1 fully saturated rings. The summed E-state index contributed by atoms with van der Waals surface area (Å²) in [5.74, 6) is 0.360. The summed E-state index contributed by atoms with van der Waals surface area (Å²) in [5.41, 5.74) is 0.467. The Balaban J connectivity index is 0.000000208. The van der Waals surface area contributed by atoms with E-state index in [0.717, 1.165) is 35.5 Å². The summed E-state index contributed by atoms with van der Waals surface area (Å²) in [6.45, 7) is 0. The summed E-state index contributed by atoms with van der Waals surface area (Å²) in [7, 11) is 0. The maximum atomic E-state index is 12.6. The third-order valence-corrected chi connectivity index (χ3v) is 8.08. The summed E-state index contributed by atoms with van der Waals surface area (Å²) in [6, 6.07) is 21.6. The molecule has 224 valence electrons. The highest BCUT2D eigenvalue weighted by Gasteiger charge is 2.23. The normalized spacial score (nSPS) is 15.9. The van der Waals surface area contributed by atoms with Gasteiger partial charge in [0, 0.05) is 28.2 Å².